The molecule has 2 aromatic rings. The lowest BCUT2D eigenvalue weighted by Gasteiger charge is -2.20. The molecule has 146 valence electrons. The predicted octanol–water partition coefficient (Wildman–Crippen LogP) is 2.98. The highest BCUT2D eigenvalue weighted by atomic mass is 32.2. The van der Waals surface area contributed by atoms with Crippen LogP contribution < -0.4 is 9.62 Å². The van der Waals surface area contributed by atoms with Crippen molar-refractivity contribution in [3.63, 3.8) is 0 Å². The van der Waals surface area contributed by atoms with Crippen molar-refractivity contribution in [3.8, 4) is 0 Å². The number of aryl methyl sites for hydroxylation is 1. The van der Waals surface area contributed by atoms with E-state index >= 15 is 0 Å². The molecule has 0 atom stereocenters. The van der Waals surface area contributed by atoms with E-state index in [4.69, 9.17) is 4.74 Å². The summed E-state index contributed by atoms with van der Waals surface area (Å²) in [4.78, 5) is 12.5. The first-order valence-corrected chi connectivity index (χ1v) is 10.3. The van der Waals surface area contributed by atoms with Crippen molar-refractivity contribution in [1.82, 2.24) is 5.32 Å². The topological polar surface area (TPSA) is 75.7 Å². The summed E-state index contributed by atoms with van der Waals surface area (Å²) >= 11 is 0. The van der Waals surface area contributed by atoms with E-state index in [0.717, 1.165) is 12.0 Å². The van der Waals surface area contributed by atoms with Crippen molar-refractivity contribution in [3.05, 3.63) is 59.7 Å². The van der Waals surface area contributed by atoms with Crippen molar-refractivity contribution < 1.29 is 17.9 Å². The molecule has 2 aromatic carbocycles. The Balaban J connectivity index is 2.11. The van der Waals surface area contributed by atoms with Crippen molar-refractivity contribution in [2.75, 3.05) is 31.1 Å². The lowest BCUT2D eigenvalue weighted by atomic mass is 10.2. The maximum atomic E-state index is 12.8. The summed E-state index contributed by atoms with van der Waals surface area (Å²) in [7, 11) is -2.21. The number of sulfonamides is 1. The van der Waals surface area contributed by atoms with E-state index < -0.39 is 10.0 Å². The molecule has 0 unspecified atom stereocenters. The average molecular weight is 391 g/mol. The summed E-state index contributed by atoms with van der Waals surface area (Å²) in [5.41, 5.74) is 1.83. The average Bonchev–Trinajstić information content (AvgIpc) is 2.67. The number of carbonyl (C=O) groups excluding carboxylic acids is 1. The van der Waals surface area contributed by atoms with Crippen LogP contribution in [0.15, 0.2) is 53.4 Å². The maximum absolute atomic E-state index is 12.8. The minimum Gasteiger partial charge on any atom is -0.382 e. The highest BCUT2D eigenvalue weighted by Gasteiger charge is 2.21. The van der Waals surface area contributed by atoms with E-state index in [1.807, 2.05) is 13.8 Å². The summed E-state index contributed by atoms with van der Waals surface area (Å²) < 4.78 is 32.0. The molecule has 0 aromatic heterocycles. The first-order valence-electron chi connectivity index (χ1n) is 8.88. The Morgan fingerprint density at radius 2 is 1.85 bits per heavy atom. The summed E-state index contributed by atoms with van der Waals surface area (Å²) in [5.74, 6) is -0.241. The number of benzene rings is 2. The molecule has 0 fully saturated rings. The Morgan fingerprint density at radius 1 is 1.15 bits per heavy atom. The third-order valence-electron chi connectivity index (χ3n) is 4.11. The molecule has 0 aliphatic carbocycles. The predicted molar refractivity (Wildman–Crippen MR) is 107 cm³/mol. The number of anilines is 1. The fourth-order valence-electron chi connectivity index (χ4n) is 2.47. The summed E-state index contributed by atoms with van der Waals surface area (Å²) in [5, 5.41) is 2.81. The number of amides is 1. The second-order valence-corrected chi connectivity index (χ2v) is 8.11. The Kier molecular flexibility index (Phi) is 7.38. The quantitative estimate of drug-likeness (QED) is 0.668. The van der Waals surface area contributed by atoms with E-state index in [0.29, 0.717) is 31.0 Å². The van der Waals surface area contributed by atoms with Gasteiger partial charge in [0.2, 0.25) is 0 Å². The largest absolute Gasteiger partial charge is 0.382 e. The molecule has 0 radical (unpaired) electrons. The maximum Gasteiger partial charge on any atom is 0.264 e. The molecule has 6 nitrogen and oxygen atoms in total. The standard InChI is InChI=1S/C20H26N2O4S/c1-4-26-14-6-13-21-20(23)17-7-5-8-18(15-17)22(3)27(24,25)19-11-9-16(2)10-12-19/h5,7-12,15H,4,6,13-14H2,1-3H3,(H,21,23). The molecule has 0 heterocycles. The van der Waals surface area contributed by atoms with Crippen LogP contribution in [0.2, 0.25) is 0 Å². The SMILES string of the molecule is CCOCCCNC(=O)c1cccc(N(C)S(=O)(=O)c2ccc(C)cc2)c1. The molecule has 1 N–H and O–H groups in total. The van der Waals surface area contributed by atoms with Crippen LogP contribution in [-0.4, -0.2) is 41.1 Å². The van der Waals surface area contributed by atoms with Gasteiger partial charge in [-0.25, -0.2) is 8.42 Å². The van der Waals surface area contributed by atoms with Gasteiger partial charge >= 0.3 is 0 Å². The van der Waals surface area contributed by atoms with Crippen molar-refractivity contribution in [2.24, 2.45) is 0 Å². The van der Waals surface area contributed by atoms with E-state index in [9.17, 15) is 13.2 Å². The zero-order valence-corrected chi connectivity index (χ0v) is 16.8. The van der Waals surface area contributed by atoms with E-state index in [1.165, 1.54) is 11.4 Å². The zero-order chi connectivity index (χ0) is 19.9. The van der Waals surface area contributed by atoms with Gasteiger partial charge in [-0.05, 0) is 50.6 Å². The third kappa shape index (κ3) is 5.55. The Bertz CT molecular complexity index is 864. The van der Waals surface area contributed by atoms with Crippen molar-refractivity contribution in [2.45, 2.75) is 25.2 Å². The normalized spacial score (nSPS) is 11.2. The van der Waals surface area contributed by atoms with Crippen molar-refractivity contribution >= 4 is 21.6 Å². The van der Waals surface area contributed by atoms with Gasteiger partial charge in [0.15, 0.2) is 0 Å². The van der Waals surface area contributed by atoms with Crippen molar-refractivity contribution in [1.29, 1.82) is 0 Å². The van der Waals surface area contributed by atoms with Crippen LogP contribution in [-0.2, 0) is 14.8 Å². The molecular weight excluding hydrogens is 364 g/mol. The summed E-state index contributed by atoms with van der Waals surface area (Å²) in [6.45, 7) is 5.56. The van der Waals surface area contributed by atoms with Crippen LogP contribution in [0.3, 0.4) is 0 Å². The summed E-state index contributed by atoms with van der Waals surface area (Å²) in [6, 6.07) is 13.2. The Morgan fingerprint density at radius 3 is 2.52 bits per heavy atom. The second-order valence-electron chi connectivity index (χ2n) is 6.14. The van der Waals surface area contributed by atoms with Crippen LogP contribution in [0.5, 0.6) is 0 Å². The van der Waals surface area contributed by atoms with Gasteiger partial charge in [0.25, 0.3) is 15.9 Å². The van der Waals surface area contributed by atoms with Gasteiger partial charge in [-0.3, -0.25) is 9.10 Å². The first-order chi connectivity index (χ1) is 12.9. The molecule has 0 aliphatic heterocycles. The number of nitrogens with zero attached hydrogens (tertiary/aromatic N) is 1. The number of hydrogen-bond donors (Lipinski definition) is 1. The van der Waals surface area contributed by atoms with Gasteiger partial charge < -0.3 is 10.1 Å². The molecule has 0 aliphatic rings. The van der Waals surface area contributed by atoms with Gasteiger partial charge in [0.1, 0.15) is 0 Å². The molecule has 1 amide bonds. The summed E-state index contributed by atoms with van der Waals surface area (Å²) in [6.07, 6.45) is 0.723. The van der Waals surface area contributed by atoms with Crippen LogP contribution in [0.4, 0.5) is 5.69 Å². The molecular formula is C20H26N2O4S. The van der Waals surface area contributed by atoms with Crippen LogP contribution in [0, 0.1) is 6.92 Å². The minimum absolute atomic E-state index is 0.210. The van der Waals surface area contributed by atoms with Gasteiger partial charge in [-0.1, -0.05) is 23.8 Å². The molecule has 7 heteroatoms. The number of carbonyl (C=O) groups is 1. The van der Waals surface area contributed by atoms with E-state index in [1.54, 1.807) is 48.5 Å². The molecule has 0 saturated carbocycles. The molecule has 0 saturated heterocycles. The van der Waals surface area contributed by atoms with Gasteiger partial charge in [0.05, 0.1) is 10.6 Å². The lowest BCUT2D eigenvalue weighted by molar-refractivity contribution is 0.0944. The van der Waals surface area contributed by atoms with Gasteiger partial charge in [-0.2, -0.15) is 0 Å². The lowest BCUT2D eigenvalue weighted by Crippen LogP contribution is -2.28. The fourth-order valence-corrected chi connectivity index (χ4v) is 3.66. The zero-order valence-electron chi connectivity index (χ0n) is 15.9. The van der Waals surface area contributed by atoms with E-state index in [2.05, 4.69) is 5.32 Å². The number of nitrogens with one attached hydrogen (secondary N) is 1. The fraction of sp³-hybridized carbons (Fsp3) is 0.350. The van der Waals surface area contributed by atoms with E-state index in [-0.39, 0.29) is 10.8 Å². The second kappa shape index (κ2) is 9.53. The Labute approximate surface area is 161 Å². The van der Waals surface area contributed by atoms with Gasteiger partial charge in [-0.15, -0.1) is 0 Å². The van der Waals surface area contributed by atoms with Crippen LogP contribution >= 0.6 is 0 Å². The Hall–Kier alpha value is -2.38. The number of rotatable bonds is 9. The highest BCUT2D eigenvalue weighted by Crippen LogP contribution is 2.23. The minimum atomic E-state index is -3.69. The first kappa shape index (κ1) is 20.9. The molecule has 27 heavy (non-hydrogen) atoms. The molecule has 0 spiro atoms. The van der Waals surface area contributed by atoms with Crippen LogP contribution in [0.25, 0.3) is 0 Å². The van der Waals surface area contributed by atoms with Gasteiger partial charge in [0, 0.05) is 32.4 Å². The highest BCUT2D eigenvalue weighted by molar-refractivity contribution is 7.92. The number of hydrogen-bond acceptors (Lipinski definition) is 4. The number of ether oxygens (including phenoxy) is 1. The molecule has 0 bridgehead atoms. The van der Waals surface area contributed by atoms with Crippen LogP contribution in [0.1, 0.15) is 29.3 Å². The molecule has 2 rings (SSSR count). The third-order valence-corrected chi connectivity index (χ3v) is 5.91. The smallest absolute Gasteiger partial charge is 0.264 e. The monoisotopic (exact) mass is 390 g/mol.